The number of carbonyl (C=O) groups excluding carboxylic acids is 1. The molecule has 0 unspecified atom stereocenters. The second-order valence-corrected chi connectivity index (χ2v) is 8.43. The third-order valence-corrected chi connectivity index (χ3v) is 5.43. The first kappa shape index (κ1) is 20.6. The van der Waals surface area contributed by atoms with Crippen LogP contribution in [0.2, 0.25) is 10.0 Å². The number of halogens is 2. The van der Waals surface area contributed by atoms with Crippen LogP contribution in [0.15, 0.2) is 54.7 Å². The fourth-order valence-electron chi connectivity index (χ4n) is 3.29. The van der Waals surface area contributed by atoms with E-state index in [4.69, 9.17) is 32.9 Å². The van der Waals surface area contributed by atoms with Crippen LogP contribution in [0.25, 0.3) is 22.5 Å². The number of nitrogens with zero attached hydrogens (tertiary/aromatic N) is 3. The van der Waals surface area contributed by atoms with Gasteiger partial charge in [-0.05, 0) is 24.3 Å². The van der Waals surface area contributed by atoms with E-state index in [0.717, 1.165) is 16.8 Å². The summed E-state index contributed by atoms with van der Waals surface area (Å²) in [4.78, 5) is 23.2. The Labute approximate surface area is 185 Å². The van der Waals surface area contributed by atoms with Gasteiger partial charge >= 0.3 is 0 Å². The van der Waals surface area contributed by atoms with Gasteiger partial charge in [-0.15, -0.1) is 0 Å². The van der Waals surface area contributed by atoms with Crippen LogP contribution in [-0.2, 0) is 4.79 Å². The maximum Gasteiger partial charge on any atom is 0.233 e. The average molecular weight is 442 g/mol. The van der Waals surface area contributed by atoms with Crippen molar-refractivity contribution in [2.24, 2.45) is 5.92 Å². The first-order chi connectivity index (χ1) is 14.4. The van der Waals surface area contributed by atoms with E-state index in [0.29, 0.717) is 34.7 Å². The van der Waals surface area contributed by atoms with Gasteiger partial charge in [0, 0.05) is 27.1 Å². The number of hydrogen-bond donors (Lipinski definition) is 0. The monoisotopic (exact) mass is 441 g/mol. The van der Waals surface area contributed by atoms with Crippen molar-refractivity contribution in [3.63, 3.8) is 0 Å². The molecule has 1 aromatic heterocycles. The lowest BCUT2D eigenvalue weighted by Crippen LogP contribution is -2.57. The number of rotatable bonds is 5. The van der Waals surface area contributed by atoms with Gasteiger partial charge in [-0.1, -0.05) is 61.3 Å². The van der Waals surface area contributed by atoms with Crippen LogP contribution in [-0.4, -0.2) is 40.0 Å². The second kappa shape index (κ2) is 8.62. The summed E-state index contributed by atoms with van der Waals surface area (Å²) < 4.78 is 5.99. The molecule has 5 nitrogen and oxygen atoms in total. The lowest BCUT2D eigenvalue weighted by atomic mass is 10.0. The molecule has 1 aliphatic rings. The largest absolute Gasteiger partial charge is 0.469 e. The Hall–Kier alpha value is -2.63. The van der Waals surface area contributed by atoms with Gasteiger partial charge in [0.05, 0.1) is 25.0 Å². The second-order valence-electron chi connectivity index (χ2n) is 7.56. The topological polar surface area (TPSA) is 55.3 Å². The molecular formula is C23H21Cl2N3O2. The van der Waals surface area contributed by atoms with Crippen molar-refractivity contribution >= 4 is 29.1 Å². The zero-order chi connectivity index (χ0) is 21.3. The lowest BCUT2D eigenvalue weighted by Gasteiger charge is -2.39. The van der Waals surface area contributed by atoms with Crippen LogP contribution in [0.4, 0.5) is 0 Å². The summed E-state index contributed by atoms with van der Waals surface area (Å²) in [7, 11) is 0. The van der Waals surface area contributed by atoms with E-state index in [1.54, 1.807) is 11.1 Å². The summed E-state index contributed by atoms with van der Waals surface area (Å²) in [6.45, 7) is 4.92. The van der Waals surface area contributed by atoms with Crippen molar-refractivity contribution in [1.82, 2.24) is 14.9 Å². The van der Waals surface area contributed by atoms with Crippen LogP contribution in [0.5, 0.6) is 5.88 Å². The molecule has 4 rings (SSSR count). The molecule has 0 saturated carbocycles. The number of hydrogen-bond acceptors (Lipinski definition) is 4. The SMILES string of the molecule is CC(C)C(=O)N1CC(Oc2cnc(-c3ccc(Cl)cc3)c(-c3ccc(Cl)cc3)n2)C1. The smallest absolute Gasteiger partial charge is 0.233 e. The summed E-state index contributed by atoms with van der Waals surface area (Å²) in [6, 6.07) is 14.9. The Bertz CT molecular complexity index is 1050. The van der Waals surface area contributed by atoms with E-state index in [1.807, 2.05) is 62.4 Å². The molecule has 1 saturated heterocycles. The van der Waals surface area contributed by atoms with Crippen LogP contribution in [0.1, 0.15) is 13.8 Å². The third-order valence-electron chi connectivity index (χ3n) is 4.93. The third kappa shape index (κ3) is 4.42. The standard InChI is InChI=1S/C23H21Cl2N3O2/c1-14(2)23(29)28-12-19(13-28)30-20-11-26-21(15-3-7-17(24)8-4-15)22(27-20)16-5-9-18(25)10-6-16/h3-11,14,19H,12-13H2,1-2H3. The zero-order valence-electron chi connectivity index (χ0n) is 16.7. The molecule has 0 atom stereocenters. The minimum absolute atomic E-state index is 0.0130. The molecule has 2 heterocycles. The normalized spacial score (nSPS) is 14.0. The van der Waals surface area contributed by atoms with E-state index < -0.39 is 0 Å². The number of carbonyl (C=O) groups is 1. The summed E-state index contributed by atoms with van der Waals surface area (Å²) >= 11 is 12.1. The molecule has 30 heavy (non-hydrogen) atoms. The first-order valence-corrected chi connectivity index (χ1v) is 10.5. The highest BCUT2D eigenvalue weighted by molar-refractivity contribution is 6.31. The molecular weight excluding hydrogens is 421 g/mol. The minimum Gasteiger partial charge on any atom is -0.469 e. The molecule has 1 aliphatic heterocycles. The van der Waals surface area contributed by atoms with Gasteiger partial charge in [-0.25, -0.2) is 9.97 Å². The molecule has 154 valence electrons. The molecule has 1 amide bonds. The zero-order valence-corrected chi connectivity index (χ0v) is 18.2. The van der Waals surface area contributed by atoms with Gasteiger partial charge in [-0.2, -0.15) is 0 Å². The Morgan fingerprint density at radius 3 is 2.03 bits per heavy atom. The van der Waals surface area contributed by atoms with Gasteiger partial charge in [-0.3, -0.25) is 4.79 Å². The Kier molecular flexibility index (Phi) is 5.93. The molecule has 3 aromatic rings. The molecule has 0 bridgehead atoms. The van der Waals surface area contributed by atoms with Gasteiger partial charge in [0.1, 0.15) is 11.8 Å². The number of benzene rings is 2. The van der Waals surface area contributed by atoms with E-state index in [9.17, 15) is 4.79 Å². The number of ether oxygens (including phenoxy) is 1. The molecule has 0 spiro atoms. The van der Waals surface area contributed by atoms with Crippen molar-refractivity contribution in [2.45, 2.75) is 20.0 Å². The highest BCUT2D eigenvalue weighted by Gasteiger charge is 2.33. The molecule has 0 N–H and O–H groups in total. The number of amides is 1. The highest BCUT2D eigenvalue weighted by Crippen LogP contribution is 2.32. The van der Waals surface area contributed by atoms with E-state index in [1.165, 1.54) is 0 Å². The van der Waals surface area contributed by atoms with E-state index in [2.05, 4.69) is 4.98 Å². The molecule has 1 fully saturated rings. The quantitative estimate of drug-likeness (QED) is 0.534. The highest BCUT2D eigenvalue weighted by atomic mass is 35.5. The molecule has 0 aliphatic carbocycles. The van der Waals surface area contributed by atoms with Gasteiger partial charge in [0.15, 0.2) is 0 Å². The van der Waals surface area contributed by atoms with Crippen molar-refractivity contribution in [1.29, 1.82) is 0 Å². The van der Waals surface area contributed by atoms with E-state index >= 15 is 0 Å². The van der Waals surface area contributed by atoms with Crippen molar-refractivity contribution in [3.8, 4) is 28.4 Å². The van der Waals surface area contributed by atoms with Crippen LogP contribution in [0, 0.1) is 5.92 Å². The number of aromatic nitrogens is 2. The van der Waals surface area contributed by atoms with Crippen LogP contribution in [0.3, 0.4) is 0 Å². The Balaban J connectivity index is 1.61. The maximum atomic E-state index is 12.0. The van der Waals surface area contributed by atoms with Gasteiger partial charge in [0.2, 0.25) is 11.8 Å². The fourth-order valence-corrected chi connectivity index (χ4v) is 3.54. The van der Waals surface area contributed by atoms with Crippen molar-refractivity contribution < 1.29 is 9.53 Å². The summed E-state index contributed by atoms with van der Waals surface area (Å²) in [6.07, 6.45) is 1.54. The van der Waals surface area contributed by atoms with E-state index in [-0.39, 0.29) is 17.9 Å². The maximum absolute atomic E-state index is 12.0. The molecule has 2 aromatic carbocycles. The Morgan fingerprint density at radius 1 is 0.967 bits per heavy atom. The van der Waals surface area contributed by atoms with Crippen LogP contribution >= 0.6 is 23.2 Å². The van der Waals surface area contributed by atoms with Crippen molar-refractivity contribution in [3.05, 3.63) is 64.8 Å². The first-order valence-electron chi connectivity index (χ1n) is 9.75. The van der Waals surface area contributed by atoms with Gasteiger partial charge < -0.3 is 9.64 Å². The summed E-state index contributed by atoms with van der Waals surface area (Å²) in [5.41, 5.74) is 3.21. The average Bonchev–Trinajstić information content (AvgIpc) is 2.71. The number of likely N-dealkylation sites (tertiary alicyclic amines) is 1. The fraction of sp³-hybridized carbons (Fsp3) is 0.261. The lowest BCUT2D eigenvalue weighted by molar-refractivity contribution is -0.143. The Morgan fingerprint density at radius 2 is 1.50 bits per heavy atom. The predicted molar refractivity (Wildman–Crippen MR) is 119 cm³/mol. The van der Waals surface area contributed by atoms with Gasteiger partial charge in [0.25, 0.3) is 0 Å². The predicted octanol–water partition coefficient (Wildman–Crippen LogP) is 5.36. The summed E-state index contributed by atoms with van der Waals surface area (Å²) in [5.74, 6) is 0.557. The summed E-state index contributed by atoms with van der Waals surface area (Å²) in [5, 5.41) is 1.31. The van der Waals surface area contributed by atoms with Crippen LogP contribution < -0.4 is 4.74 Å². The molecule has 0 radical (unpaired) electrons. The van der Waals surface area contributed by atoms with Crippen molar-refractivity contribution in [2.75, 3.05) is 13.1 Å². The molecule has 7 heteroatoms. The minimum atomic E-state index is -0.0820.